The number of hydrogen-bond donors (Lipinski definition) is 0. The van der Waals surface area contributed by atoms with Crippen LogP contribution in [0.5, 0.6) is 0 Å². The van der Waals surface area contributed by atoms with Gasteiger partial charge in [-0.25, -0.2) is 9.97 Å². The number of benzene rings is 1. The van der Waals surface area contributed by atoms with Crippen molar-refractivity contribution in [3.05, 3.63) is 99.4 Å². The van der Waals surface area contributed by atoms with E-state index in [1.807, 2.05) is 18.2 Å². The lowest BCUT2D eigenvalue weighted by Gasteiger charge is -2.21. The molecule has 6 rings (SSSR count). The number of nitrogens with zero attached hydrogens (tertiary/aromatic N) is 7. The molecular formula is C28H25Cl2N7O. The maximum atomic E-state index is 6.09. The number of aliphatic imine (C=N–C) groups is 2. The Bertz CT molecular complexity index is 1420. The average molecular weight is 546 g/mol. The number of rotatable bonds is 7. The summed E-state index contributed by atoms with van der Waals surface area (Å²) in [6.07, 6.45) is 3.59. The zero-order valence-corrected chi connectivity index (χ0v) is 22.3. The third-order valence-corrected chi connectivity index (χ3v) is 7.05. The minimum Gasteiger partial charge on any atom is -0.352 e. The lowest BCUT2D eigenvalue weighted by atomic mass is 9.99. The van der Waals surface area contributed by atoms with Crippen LogP contribution in [0.4, 0.5) is 0 Å². The average Bonchev–Trinajstić information content (AvgIpc) is 3.66. The number of hydrogen-bond acceptors (Lipinski definition) is 8. The molecule has 192 valence electrons. The van der Waals surface area contributed by atoms with Crippen molar-refractivity contribution >= 4 is 34.9 Å². The first kappa shape index (κ1) is 24.6. The van der Waals surface area contributed by atoms with Gasteiger partial charge >= 0.3 is 0 Å². The summed E-state index contributed by atoms with van der Waals surface area (Å²) in [5, 5.41) is 5.54. The summed E-state index contributed by atoms with van der Waals surface area (Å²) in [6, 6.07) is 15.9. The molecule has 10 heteroatoms. The SMILES string of the molecule is Cc1cccc(-c2c(C3=NCCN3Cc3ccc(Cl)nc3)noc2C2=NCCN2Cc2ccc(Cl)nc2)c1. The molecule has 0 amide bonds. The van der Waals surface area contributed by atoms with Crippen LogP contribution in [0.15, 0.2) is 75.4 Å². The highest BCUT2D eigenvalue weighted by Gasteiger charge is 2.33. The molecule has 38 heavy (non-hydrogen) atoms. The Kier molecular flexibility index (Phi) is 6.82. The van der Waals surface area contributed by atoms with Gasteiger partial charge in [-0.15, -0.1) is 0 Å². The van der Waals surface area contributed by atoms with E-state index in [0.717, 1.165) is 52.6 Å². The zero-order chi connectivity index (χ0) is 26.1. The number of halogens is 2. The topological polar surface area (TPSA) is 83.0 Å². The van der Waals surface area contributed by atoms with Crippen LogP contribution in [0.1, 0.15) is 28.1 Å². The normalized spacial score (nSPS) is 15.2. The van der Waals surface area contributed by atoms with Crippen molar-refractivity contribution in [2.45, 2.75) is 20.0 Å². The fourth-order valence-electron chi connectivity index (χ4n) is 4.82. The molecule has 8 nitrogen and oxygen atoms in total. The standard InChI is InChI=1S/C28H25Cl2N7O/c1-18-3-2-4-21(13-18)24-25(27-31-9-11-36(27)16-19-5-7-22(29)33-14-19)35-38-26(24)28-32-10-12-37(28)17-20-6-8-23(30)34-15-20/h2-8,13-15H,9-12,16-17H2,1H3. The Labute approximate surface area is 230 Å². The van der Waals surface area contributed by atoms with Crippen molar-refractivity contribution < 1.29 is 4.52 Å². The molecule has 0 saturated heterocycles. The van der Waals surface area contributed by atoms with Crippen molar-refractivity contribution in [3.63, 3.8) is 0 Å². The molecule has 5 heterocycles. The highest BCUT2D eigenvalue weighted by molar-refractivity contribution is 6.29. The van der Waals surface area contributed by atoms with Crippen LogP contribution >= 0.6 is 23.2 Å². The van der Waals surface area contributed by atoms with E-state index >= 15 is 0 Å². The molecule has 0 unspecified atom stereocenters. The van der Waals surface area contributed by atoms with Gasteiger partial charge in [0.15, 0.2) is 17.4 Å². The molecule has 3 aromatic heterocycles. The molecular weight excluding hydrogens is 521 g/mol. The second-order valence-electron chi connectivity index (χ2n) is 9.34. The zero-order valence-electron chi connectivity index (χ0n) is 20.8. The van der Waals surface area contributed by atoms with Gasteiger partial charge in [0.05, 0.1) is 18.7 Å². The van der Waals surface area contributed by atoms with E-state index in [0.29, 0.717) is 47.9 Å². The molecule has 2 aliphatic heterocycles. The summed E-state index contributed by atoms with van der Waals surface area (Å²) >= 11 is 12.0. The summed E-state index contributed by atoms with van der Waals surface area (Å²) in [5.74, 6) is 2.23. The van der Waals surface area contributed by atoms with Crippen molar-refractivity contribution in [2.75, 3.05) is 26.2 Å². The third-order valence-electron chi connectivity index (χ3n) is 6.60. The maximum absolute atomic E-state index is 6.09. The van der Waals surface area contributed by atoms with E-state index in [-0.39, 0.29) is 0 Å². The summed E-state index contributed by atoms with van der Waals surface area (Å²) < 4.78 is 6.09. The van der Waals surface area contributed by atoms with E-state index in [2.05, 4.69) is 50.0 Å². The fourth-order valence-corrected chi connectivity index (χ4v) is 5.04. The largest absolute Gasteiger partial charge is 0.352 e. The second kappa shape index (κ2) is 10.6. The molecule has 1 aromatic carbocycles. The fraction of sp³-hybridized carbons (Fsp3) is 0.250. The molecule has 0 bridgehead atoms. The van der Waals surface area contributed by atoms with Crippen molar-refractivity contribution in [1.29, 1.82) is 0 Å². The molecule has 2 aliphatic rings. The Hall–Kier alpha value is -3.75. The van der Waals surface area contributed by atoms with Gasteiger partial charge in [0.2, 0.25) is 5.76 Å². The summed E-state index contributed by atoms with van der Waals surface area (Å²) in [4.78, 5) is 22.5. The molecule has 0 fully saturated rings. The predicted octanol–water partition coefficient (Wildman–Crippen LogP) is 5.27. The van der Waals surface area contributed by atoms with Crippen LogP contribution in [-0.4, -0.2) is 62.8 Å². The molecule has 0 N–H and O–H groups in total. The van der Waals surface area contributed by atoms with Gasteiger partial charge in [0.25, 0.3) is 0 Å². The summed E-state index contributed by atoms with van der Waals surface area (Å²) in [5.41, 5.74) is 5.87. The first-order valence-electron chi connectivity index (χ1n) is 12.4. The quantitative estimate of drug-likeness (QED) is 0.294. The van der Waals surface area contributed by atoms with Crippen LogP contribution < -0.4 is 0 Å². The van der Waals surface area contributed by atoms with Crippen molar-refractivity contribution in [2.24, 2.45) is 9.98 Å². The van der Waals surface area contributed by atoms with Crippen LogP contribution in [0.3, 0.4) is 0 Å². The van der Waals surface area contributed by atoms with Gasteiger partial charge in [-0.2, -0.15) is 0 Å². The number of pyridine rings is 2. The Morgan fingerprint density at radius 3 is 2.05 bits per heavy atom. The lowest BCUT2D eigenvalue weighted by molar-refractivity contribution is 0.387. The van der Waals surface area contributed by atoms with Gasteiger partial charge in [-0.05, 0) is 35.7 Å². The highest BCUT2D eigenvalue weighted by atomic mass is 35.5. The molecule has 0 aliphatic carbocycles. The molecule has 4 aromatic rings. The van der Waals surface area contributed by atoms with Crippen LogP contribution in [0, 0.1) is 6.92 Å². The number of amidine groups is 2. The maximum Gasteiger partial charge on any atom is 0.210 e. The second-order valence-corrected chi connectivity index (χ2v) is 10.1. The van der Waals surface area contributed by atoms with Gasteiger partial charge in [0, 0.05) is 38.6 Å². The van der Waals surface area contributed by atoms with E-state index in [4.69, 9.17) is 37.7 Å². The van der Waals surface area contributed by atoms with E-state index in [1.54, 1.807) is 24.5 Å². The monoisotopic (exact) mass is 545 g/mol. The van der Waals surface area contributed by atoms with E-state index in [1.165, 1.54) is 0 Å². The minimum absolute atomic E-state index is 0.474. The highest BCUT2D eigenvalue weighted by Crippen LogP contribution is 2.33. The van der Waals surface area contributed by atoms with Crippen LogP contribution in [0.25, 0.3) is 11.1 Å². The summed E-state index contributed by atoms with van der Waals surface area (Å²) in [6.45, 7) is 6.29. The Morgan fingerprint density at radius 1 is 0.816 bits per heavy atom. The first-order chi connectivity index (χ1) is 18.5. The predicted molar refractivity (Wildman–Crippen MR) is 149 cm³/mol. The Morgan fingerprint density at radius 2 is 1.45 bits per heavy atom. The van der Waals surface area contributed by atoms with E-state index < -0.39 is 0 Å². The third kappa shape index (κ3) is 5.01. The van der Waals surface area contributed by atoms with Gasteiger partial charge in [-0.3, -0.25) is 9.98 Å². The summed E-state index contributed by atoms with van der Waals surface area (Å²) in [7, 11) is 0. The molecule has 0 spiro atoms. The molecule has 0 radical (unpaired) electrons. The molecule has 0 atom stereocenters. The minimum atomic E-state index is 0.474. The lowest BCUT2D eigenvalue weighted by Crippen LogP contribution is -2.29. The van der Waals surface area contributed by atoms with Gasteiger partial charge in [-0.1, -0.05) is 70.3 Å². The van der Waals surface area contributed by atoms with Crippen LogP contribution in [-0.2, 0) is 13.1 Å². The number of aromatic nitrogens is 3. The molecule has 0 saturated carbocycles. The Balaban J connectivity index is 1.37. The van der Waals surface area contributed by atoms with Gasteiger partial charge in [0.1, 0.15) is 10.3 Å². The van der Waals surface area contributed by atoms with Crippen molar-refractivity contribution in [1.82, 2.24) is 24.9 Å². The van der Waals surface area contributed by atoms with Crippen LogP contribution in [0.2, 0.25) is 10.3 Å². The van der Waals surface area contributed by atoms with Crippen molar-refractivity contribution in [3.8, 4) is 11.1 Å². The van der Waals surface area contributed by atoms with Gasteiger partial charge < -0.3 is 14.3 Å². The number of aryl methyl sites for hydroxylation is 1. The van der Waals surface area contributed by atoms with E-state index in [9.17, 15) is 0 Å². The smallest absolute Gasteiger partial charge is 0.210 e. The first-order valence-corrected chi connectivity index (χ1v) is 13.2.